The van der Waals surface area contributed by atoms with Gasteiger partial charge < -0.3 is 27.5 Å². The standard InChI is InChI=1S/C12H27IO6Si/c1-12(8-13)6-5-7-20(17-9-14-2,18-10-15-3)19-11-16-4/h12H,5-11H2,1-4H3. The third-order valence-electron chi connectivity index (χ3n) is 2.63. The van der Waals surface area contributed by atoms with Gasteiger partial charge in [0.25, 0.3) is 0 Å². The third-order valence-corrected chi connectivity index (χ3v) is 6.78. The predicted octanol–water partition coefficient (Wildman–Crippen LogP) is 2.64. The Bertz CT molecular complexity index is 200. The van der Waals surface area contributed by atoms with E-state index in [4.69, 9.17) is 27.5 Å². The average molecular weight is 422 g/mol. The first-order valence-electron chi connectivity index (χ1n) is 6.58. The second-order valence-electron chi connectivity index (χ2n) is 4.49. The van der Waals surface area contributed by atoms with Crippen LogP contribution < -0.4 is 0 Å². The molecule has 0 aromatic rings. The molecule has 1 atom stereocenters. The Hall–Kier alpha value is 0.707. The smallest absolute Gasteiger partial charge is 0.360 e. The highest BCUT2D eigenvalue weighted by molar-refractivity contribution is 14.1. The molecular formula is C12H27IO6Si. The zero-order valence-electron chi connectivity index (χ0n) is 12.9. The molecule has 122 valence electrons. The first-order chi connectivity index (χ1) is 9.64. The summed E-state index contributed by atoms with van der Waals surface area (Å²) in [6.07, 6.45) is 2.09. The van der Waals surface area contributed by atoms with Crippen molar-refractivity contribution in [2.75, 3.05) is 46.1 Å². The minimum atomic E-state index is -2.82. The Labute approximate surface area is 136 Å². The Morgan fingerprint density at radius 1 is 0.900 bits per heavy atom. The fourth-order valence-corrected chi connectivity index (χ4v) is 4.18. The van der Waals surface area contributed by atoms with Crippen molar-refractivity contribution in [3.05, 3.63) is 0 Å². The van der Waals surface area contributed by atoms with Crippen molar-refractivity contribution in [3.8, 4) is 0 Å². The molecule has 20 heavy (non-hydrogen) atoms. The molecule has 0 heterocycles. The maximum Gasteiger partial charge on any atom is 0.506 e. The highest BCUT2D eigenvalue weighted by atomic mass is 127. The van der Waals surface area contributed by atoms with Crippen LogP contribution in [0.5, 0.6) is 0 Å². The van der Waals surface area contributed by atoms with E-state index in [0.717, 1.165) is 23.3 Å². The van der Waals surface area contributed by atoms with E-state index < -0.39 is 8.80 Å². The molecule has 0 saturated carbocycles. The van der Waals surface area contributed by atoms with Gasteiger partial charge in [0.2, 0.25) is 0 Å². The van der Waals surface area contributed by atoms with Crippen LogP contribution >= 0.6 is 22.6 Å². The topological polar surface area (TPSA) is 55.4 Å². The van der Waals surface area contributed by atoms with Crippen molar-refractivity contribution in [2.24, 2.45) is 5.92 Å². The van der Waals surface area contributed by atoms with Crippen molar-refractivity contribution in [1.82, 2.24) is 0 Å². The third kappa shape index (κ3) is 9.61. The summed E-state index contributed by atoms with van der Waals surface area (Å²) in [6, 6.07) is 0.726. The molecule has 0 bridgehead atoms. The molecule has 0 spiro atoms. The van der Waals surface area contributed by atoms with E-state index in [9.17, 15) is 0 Å². The van der Waals surface area contributed by atoms with Crippen LogP contribution in [0.25, 0.3) is 0 Å². The monoisotopic (exact) mass is 422 g/mol. The molecule has 0 aliphatic heterocycles. The van der Waals surface area contributed by atoms with Crippen molar-refractivity contribution in [1.29, 1.82) is 0 Å². The van der Waals surface area contributed by atoms with E-state index >= 15 is 0 Å². The Morgan fingerprint density at radius 2 is 1.35 bits per heavy atom. The Kier molecular flexibility index (Phi) is 13.8. The van der Waals surface area contributed by atoms with Crippen LogP contribution in [-0.2, 0) is 27.5 Å². The second kappa shape index (κ2) is 13.4. The SMILES string of the molecule is COCO[Si](CCCC(C)CI)(OCOC)OCOC. The minimum absolute atomic E-state index is 0.140. The molecule has 0 fully saturated rings. The van der Waals surface area contributed by atoms with Crippen LogP contribution in [0.15, 0.2) is 0 Å². The van der Waals surface area contributed by atoms with Gasteiger partial charge >= 0.3 is 8.80 Å². The molecule has 0 N–H and O–H groups in total. The lowest BCUT2D eigenvalue weighted by molar-refractivity contribution is -0.0855. The van der Waals surface area contributed by atoms with Crippen LogP contribution in [0.3, 0.4) is 0 Å². The van der Waals surface area contributed by atoms with Crippen LogP contribution in [-0.4, -0.2) is 54.9 Å². The van der Waals surface area contributed by atoms with Crippen molar-refractivity contribution in [3.63, 3.8) is 0 Å². The molecule has 0 aromatic heterocycles. The summed E-state index contributed by atoms with van der Waals surface area (Å²) in [5.74, 6) is 0.676. The van der Waals surface area contributed by atoms with Crippen molar-refractivity contribution >= 4 is 31.4 Å². The Morgan fingerprint density at radius 3 is 1.70 bits per heavy atom. The molecule has 0 aliphatic carbocycles. The van der Waals surface area contributed by atoms with Gasteiger partial charge in [-0.25, -0.2) is 0 Å². The lowest BCUT2D eigenvalue weighted by atomic mass is 10.1. The summed E-state index contributed by atoms with van der Waals surface area (Å²) in [4.78, 5) is 0. The number of hydrogen-bond acceptors (Lipinski definition) is 6. The molecule has 0 radical (unpaired) electrons. The maximum atomic E-state index is 5.71. The first kappa shape index (κ1) is 20.7. The summed E-state index contributed by atoms with van der Waals surface area (Å²) in [5, 5.41) is 0. The fraction of sp³-hybridized carbons (Fsp3) is 1.00. The number of methoxy groups -OCH3 is 3. The van der Waals surface area contributed by atoms with Crippen LogP contribution in [0.1, 0.15) is 19.8 Å². The number of hydrogen-bond donors (Lipinski definition) is 0. The number of ether oxygens (including phenoxy) is 3. The predicted molar refractivity (Wildman–Crippen MR) is 86.7 cm³/mol. The van der Waals surface area contributed by atoms with E-state index in [0.29, 0.717) is 5.92 Å². The van der Waals surface area contributed by atoms with Gasteiger partial charge in [0.15, 0.2) is 0 Å². The molecule has 0 aliphatic rings. The lowest BCUT2D eigenvalue weighted by Crippen LogP contribution is -2.47. The summed E-state index contributed by atoms with van der Waals surface area (Å²) in [6.45, 7) is 2.65. The summed E-state index contributed by atoms with van der Waals surface area (Å²) in [5.41, 5.74) is 0. The maximum absolute atomic E-state index is 5.71. The van der Waals surface area contributed by atoms with E-state index in [1.807, 2.05) is 0 Å². The highest BCUT2D eigenvalue weighted by Crippen LogP contribution is 2.22. The molecule has 0 saturated heterocycles. The Balaban J connectivity index is 4.49. The normalized spacial score (nSPS) is 13.7. The van der Waals surface area contributed by atoms with Gasteiger partial charge in [0.1, 0.15) is 20.4 Å². The van der Waals surface area contributed by atoms with Gasteiger partial charge in [-0.2, -0.15) is 0 Å². The van der Waals surface area contributed by atoms with Gasteiger partial charge in [-0.3, -0.25) is 0 Å². The van der Waals surface area contributed by atoms with Gasteiger partial charge in [-0.05, 0) is 18.8 Å². The van der Waals surface area contributed by atoms with Gasteiger partial charge in [0, 0.05) is 31.8 Å². The van der Waals surface area contributed by atoms with Crippen LogP contribution in [0.2, 0.25) is 6.04 Å². The zero-order chi connectivity index (χ0) is 15.3. The molecule has 0 amide bonds. The summed E-state index contributed by atoms with van der Waals surface area (Å²) < 4.78 is 33.2. The minimum Gasteiger partial charge on any atom is -0.360 e. The average Bonchev–Trinajstić information content (AvgIpc) is 2.48. The van der Waals surface area contributed by atoms with Gasteiger partial charge in [-0.1, -0.05) is 29.5 Å². The van der Waals surface area contributed by atoms with Crippen LogP contribution in [0.4, 0.5) is 0 Å². The summed E-state index contributed by atoms with van der Waals surface area (Å²) >= 11 is 2.40. The molecule has 6 nitrogen and oxygen atoms in total. The van der Waals surface area contributed by atoms with Crippen molar-refractivity contribution in [2.45, 2.75) is 25.8 Å². The van der Waals surface area contributed by atoms with Crippen molar-refractivity contribution < 1.29 is 27.5 Å². The first-order valence-corrected chi connectivity index (χ1v) is 10.0. The van der Waals surface area contributed by atoms with E-state index in [1.54, 1.807) is 21.3 Å². The molecule has 1 unspecified atom stereocenters. The number of rotatable bonds is 14. The fourth-order valence-electron chi connectivity index (χ4n) is 1.53. The van der Waals surface area contributed by atoms with Gasteiger partial charge in [0.05, 0.1) is 0 Å². The molecule has 0 rings (SSSR count). The van der Waals surface area contributed by atoms with Crippen LogP contribution in [0, 0.1) is 5.92 Å². The second-order valence-corrected chi connectivity index (χ2v) is 8.10. The largest absolute Gasteiger partial charge is 0.506 e. The number of alkyl halides is 1. The quantitative estimate of drug-likeness (QED) is 0.186. The zero-order valence-corrected chi connectivity index (χ0v) is 16.0. The highest BCUT2D eigenvalue weighted by Gasteiger charge is 2.41. The molecule has 0 aromatic carbocycles. The van der Waals surface area contributed by atoms with E-state index in [2.05, 4.69) is 29.5 Å². The molecular weight excluding hydrogens is 395 g/mol. The van der Waals surface area contributed by atoms with E-state index in [1.165, 1.54) is 0 Å². The van der Waals surface area contributed by atoms with Gasteiger partial charge in [-0.15, -0.1) is 0 Å². The van der Waals surface area contributed by atoms with E-state index in [-0.39, 0.29) is 20.4 Å². The summed E-state index contributed by atoms with van der Waals surface area (Å²) in [7, 11) is 1.90. The lowest BCUT2D eigenvalue weighted by Gasteiger charge is -2.29. The number of halogens is 1. The molecule has 8 heteroatoms.